The molecule has 0 atom stereocenters. The van der Waals surface area contributed by atoms with Crippen LogP contribution in [0.5, 0.6) is 0 Å². The number of hydrogen-bond acceptors (Lipinski definition) is 5. The Bertz CT molecular complexity index is 170. The van der Waals surface area contributed by atoms with Gasteiger partial charge in [-0.05, 0) is 6.92 Å². The van der Waals surface area contributed by atoms with Gasteiger partial charge in [-0.25, -0.2) is 0 Å². The van der Waals surface area contributed by atoms with Gasteiger partial charge in [0.1, 0.15) is 6.61 Å². The van der Waals surface area contributed by atoms with Crippen molar-refractivity contribution in [3.63, 3.8) is 0 Å². The van der Waals surface area contributed by atoms with Crippen molar-refractivity contribution in [2.24, 2.45) is 0 Å². The largest absolute Gasteiger partial charge is 0.466 e. The van der Waals surface area contributed by atoms with E-state index in [1.165, 1.54) is 0 Å². The van der Waals surface area contributed by atoms with Crippen LogP contribution < -0.4 is 0 Å². The van der Waals surface area contributed by atoms with Crippen molar-refractivity contribution < 1.29 is 19.1 Å². The summed E-state index contributed by atoms with van der Waals surface area (Å²) in [7, 11) is 0. The fourth-order valence-electron chi connectivity index (χ4n) is 0.669. The van der Waals surface area contributed by atoms with Crippen molar-refractivity contribution in [1.29, 1.82) is 0 Å². The van der Waals surface area contributed by atoms with Crippen molar-refractivity contribution in [2.45, 2.75) is 19.8 Å². The van der Waals surface area contributed by atoms with Gasteiger partial charge in [0, 0.05) is 5.75 Å². The molecule has 0 N–H and O–H groups in total. The van der Waals surface area contributed by atoms with E-state index in [4.69, 9.17) is 4.74 Å². The van der Waals surface area contributed by atoms with E-state index in [2.05, 4.69) is 17.4 Å². The maximum atomic E-state index is 10.8. The highest BCUT2D eigenvalue weighted by molar-refractivity contribution is 7.80. The first-order valence-corrected chi connectivity index (χ1v) is 4.76. The third-order valence-corrected chi connectivity index (χ3v) is 1.38. The van der Waals surface area contributed by atoms with Crippen molar-refractivity contribution in [3.05, 3.63) is 0 Å². The van der Waals surface area contributed by atoms with Crippen LogP contribution in [0.1, 0.15) is 19.8 Å². The lowest BCUT2D eigenvalue weighted by atomic mass is 10.3. The highest BCUT2D eigenvalue weighted by atomic mass is 32.1. The molecule has 4 nitrogen and oxygen atoms in total. The molecule has 76 valence electrons. The lowest BCUT2D eigenvalue weighted by molar-refractivity contribution is -0.149. The van der Waals surface area contributed by atoms with Gasteiger partial charge < -0.3 is 9.47 Å². The Morgan fingerprint density at radius 1 is 1.15 bits per heavy atom. The fraction of sp³-hybridized carbons (Fsp3) is 0.750. The molecule has 0 heterocycles. The fourth-order valence-corrected chi connectivity index (χ4v) is 0.760. The molecular formula is C8H14O4S. The van der Waals surface area contributed by atoms with Crippen molar-refractivity contribution in [3.8, 4) is 0 Å². The molecule has 0 aromatic carbocycles. The number of carbonyl (C=O) groups is 2. The third kappa shape index (κ3) is 7.64. The molecule has 0 aliphatic carbocycles. The summed E-state index contributed by atoms with van der Waals surface area (Å²) in [4.78, 5) is 21.6. The van der Waals surface area contributed by atoms with E-state index in [9.17, 15) is 9.59 Å². The summed E-state index contributed by atoms with van der Waals surface area (Å²) in [6, 6.07) is 0. The molecule has 0 bridgehead atoms. The Balaban J connectivity index is 3.40. The predicted octanol–water partition coefficient (Wildman–Crippen LogP) is 0.803. The van der Waals surface area contributed by atoms with Gasteiger partial charge in [-0.1, -0.05) is 0 Å². The maximum Gasteiger partial charge on any atom is 0.306 e. The minimum Gasteiger partial charge on any atom is -0.466 e. The Hall–Kier alpha value is -0.710. The van der Waals surface area contributed by atoms with Crippen LogP contribution in [0.3, 0.4) is 0 Å². The smallest absolute Gasteiger partial charge is 0.306 e. The summed E-state index contributed by atoms with van der Waals surface area (Å²) in [5.74, 6) is -0.266. The topological polar surface area (TPSA) is 52.6 Å². The molecule has 0 fully saturated rings. The Kier molecular flexibility index (Phi) is 7.48. The van der Waals surface area contributed by atoms with E-state index < -0.39 is 0 Å². The Labute approximate surface area is 83.0 Å². The van der Waals surface area contributed by atoms with Gasteiger partial charge in [-0.3, -0.25) is 9.59 Å². The van der Waals surface area contributed by atoms with Gasteiger partial charge in [0.05, 0.1) is 19.4 Å². The second-order valence-corrected chi connectivity index (χ2v) is 2.70. The second kappa shape index (κ2) is 7.91. The number of esters is 2. The van der Waals surface area contributed by atoms with E-state index in [0.717, 1.165) is 0 Å². The van der Waals surface area contributed by atoms with Gasteiger partial charge in [0.15, 0.2) is 0 Å². The zero-order valence-electron chi connectivity index (χ0n) is 7.62. The molecule has 0 amide bonds. The molecule has 0 aliphatic rings. The molecule has 0 aromatic heterocycles. The van der Waals surface area contributed by atoms with E-state index in [1.807, 2.05) is 0 Å². The summed E-state index contributed by atoms with van der Waals surface area (Å²) in [6.07, 6.45) is 0.159. The minimum atomic E-state index is -0.387. The molecule has 5 heteroatoms. The monoisotopic (exact) mass is 206 g/mol. The normalized spacial score (nSPS) is 9.38. The van der Waals surface area contributed by atoms with Gasteiger partial charge in [0.2, 0.25) is 0 Å². The number of rotatable bonds is 6. The number of thiol groups is 1. The van der Waals surface area contributed by atoms with Crippen molar-refractivity contribution in [2.75, 3.05) is 19.0 Å². The molecule has 0 radical (unpaired) electrons. The molecule has 0 aliphatic heterocycles. The molecule has 13 heavy (non-hydrogen) atoms. The van der Waals surface area contributed by atoms with Crippen LogP contribution in [0.2, 0.25) is 0 Å². The minimum absolute atomic E-state index is 0.0760. The summed E-state index contributed by atoms with van der Waals surface area (Å²) in [6.45, 7) is 2.34. The zero-order valence-corrected chi connectivity index (χ0v) is 8.51. The first-order chi connectivity index (χ1) is 6.20. The van der Waals surface area contributed by atoms with Gasteiger partial charge in [0.25, 0.3) is 0 Å². The van der Waals surface area contributed by atoms with Crippen LogP contribution in [-0.2, 0) is 19.1 Å². The average Bonchev–Trinajstić information content (AvgIpc) is 2.12. The molecule has 0 unspecified atom stereocenters. The summed E-state index contributed by atoms with van der Waals surface area (Å²) in [5.41, 5.74) is 0. The molecule has 0 saturated heterocycles. The van der Waals surface area contributed by atoms with Crippen molar-refractivity contribution >= 4 is 24.6 Å². The van der Waals surface area contributed by atoms with Crippen LogP contribution in [0.25, 0.3) is 0 Å². The Morgan fingerprint density at radius 2 is 1.69 bits per heavy atom. The standard InChI is InChI=1S/C8H14O4S/c1-2-11-7(9)3-4-8(10)12-5-6-13/h13H,2-6H2,1H3. The first kappa shape index (κ1) is 12.3. The average molecular weight is 206 g/mol. The highest BCUT2D eigenvalue weighted by Crippen LogP contribution is 1.95. The molecule has 0 aromatic rings. The van der Waals surface area contributed by atoms with Crippen LogP contribution in [0.4, 0.5) is 0 Å². The van der Waals surface area contributed by atoms with Crippen LogP contribution >= 0.6 is 12.6 Å². The molecule has 0 spiro atoms. The molecular weight excluding hydrogens is 192 g/mol. The molecule has 0 saturated carbocycles. The van der Waals surface area contributed by atoms with Crippen LogP contribution in [0, 0.1) is 0 Å². The van der Waals surface area contributed by atoms with E-state index >= 15 is 0 Å². The Morgan fingerprint density at radius 3 is 2.15 bits per heavy atom. The predicted molar refractivity (Wildman–Crippen MR) is 50.7 cm³/mol. The van der Waals surface area contributed by atoms with E-state index in [-0.39, 0.29) is 31.4 Å². The second-order valence-electron chi connectivity index (χ2n) is 2.25. The van der Waals surface area contributed by atoms with Crippen molar-refractivity contribution in [1.82, 2.24) is 0 Å². The third-order valence-electron chi connectivity index (χ3n) is 1.19. The van der Waals surface area contributed by atoms with Crippen LogP contribution in [-0.4, -0.2) is 30.9 Å². The number of ether oxygens (including phenoxy) is 2. The quantitative estimate of drug-likeness (QED) is 0.516. The zero-order chi connectivity index (χ0) is 10.1. The van der Waals surface area contributed by atoms with Gasteiger partial charge in [-0.2, -0.15) is 12.6 Å². The van der Waals surface area contributed by atoms with E-state index in [0.29, 0.717) is 12.4 Å². The number of carbonyl (C=O) groups excluding carboxylic acids is 2. The van der Waals surface area contributed by atoms with E-state index in [1.54, 1.807) is 6.92 Å². The maximum absolute atomic E-state index is 10.8. The van der Waals surface area contributed by atoms with Gasteiger partial charge >= 0.3 is 11.9 Å². The summed E-state index contributed by atoms with van der Waals surface area (Å²) < 4.78 is 9.33. The highest BCUT2D eigenvalue weighted by Gasteiger charge is 2.07. The lowest BCUT2D eigenvalue weighted by Gasteiger charge is -2.02. The SMILES string of the molecule is CCOC(=O)CCC(=O)OCCS. The molecule has 0 rings (SSSR count). The van der Waals surface area contributed by atoms with Crippen LogP contribution in [0.15, 0.2) is 0 Å². The first-order valence-electron chi connectivity index (χ1n) is 4.12. The summed E-state index contributed by atoms with van der Waals surface area (Å²) >= 11 is 3.87. The lowest BCUT2D eigenvalue weighted by Crippen LogP contribution is -2.11. The number of hydrogen-bond donors (Lipinski definition) is 1. The summed E-state index contributed by atoms with van der Waals surface area (Å²) in [5, 5.41) is 0. The van der Waals surface area contributed by atoms with Gasteiger partial charge in [-0.15, -0.1) is 0 Å².